The van der Waals surface area contributed by atoms with Crippen LogP contribution in [0, 0.1) is 5.92 Å². The second-order valence-corrected chi connectivity index (χ2v) is 3.70. The molecule has 0 aromatic rings. The van der Waals surface area contributed by atoms with E-state index in [2.05, 4.69) is 13.8 Å². The lowest BCUT2D eigenvalue weighted by molar-refractivity contribution is -0.107. The van der Waals surface area contributed by atoms with Crippen molar-refractivity contribution < 1.29 is 4.79 Å². The molecule has 0 aliphatic rings. The molecule has 1 atom stereocenters. The molecule has 0 saturated carbocycles. The fourth-order valence-electron chi connectivity index (χ4n) is 1.42. The van der Waals surface area contributed by atoms with Gasteiger partial charge in [0.2, 0.25) is 0 Å². The van der Waals surface area contributed by atoms with E-state index >= 15 is 0 Å². The minimum atomic E-state index is 0.750. The van der Waals surface area contributed by atoms with Crippen LogP contribution in [0.4, 0.5) is 0 Å². The monoisotopic (exact) mass is 170 g/mol. The van der Waals surface area contributed by atoms with Crippen molar-refractivity contribution in [2.24, 2.45) is 5.92 Å². The van der Waals surface area contributed by atoms with Gasteiger partial charge in [-0.15, -0.1) is 0 Å². The third-order valence-electron chi connectivity index (χ3n) is 2.32. The summed E-state index contributed by atoms with van der Waals surface area (Å²) >= 11 is 0. The van der Waals surface area contributed by atoms with Gasteiger partial charge in [-0.05, 0) is 12.3 Å². The molecule has 0 saturated heterocycles. The summed E-state index contributed by atoms with van der Waals surface area (Å²) in [4.78, 5) is 10.0. The zero-order chi connectivity index (χ0) is 9.23. The van der Waals surface area contributed by atoms with Crippen LogP contribution in [0.1, 0.15) is 58.8 Å². The zero-order valence-electron chi connectivity index (χ0n) is 8.51. The minimum absolute atomic E-state index is 0.750. The summed E-state index contributed by atoms with van der Waals surface area (Å²) in [6.45, 7) is 4.55. The van der Waals surface area contributed by atoms with E-state index < -0.39 is 0 Å². The predicted molar refractivity (Wildman–Crippen MR) is 53.2 cm³/mol. The van der Waals surface area contributed by atoms with E-state index in [9.17, 15) is 4.79 Å². The lowest BCUT2D eigenvalue weighted by atomic mass is 9.98. The van der Waals surface area contributed by atoms with Gasteiger partial charge in [0.1, 0.15) is 6.29 Å². The lowest BCUT2D eigenvalue weighted by Gasteiger charge is -2.08. The molecule has 0 aromatic heterocycles. The van der Waals surface area contributed by atoms with Crippen LogP contribution < -0.4 is 0 Å². The van der Waals surface area contributed by atoms with Crippen molar-refractivity contribution in [2.75, 3.05) is 0 Å². The molecule has 0 radical (unpaired) electrons. The van der Waals surface area contributed by atoms with Crippen molar-refractivity contribution >= 4 is 6.29 Å². The molecule has 1 unspecified atom stereocenters. The summed E-state index contributed by atoms with van der Waals surface area (Å²) in [5.41, 5.74) is 0. The first-order chi connectivity index (χ1) is 5.81. The standard InChI is InChI=1S/C11H22O/c1-3-4-8-11(2)9-6-5-7-10-12/h10-11H,3-9H2,1-2H3. The van der Waals surface area contributed by atoms with Crippen molar-refractivity contribution in [2.45, 2.75) is 58.8 Å². The Balaban J connectivity index is 3.07. The number of carbonyl (C=O) groups excluding carboxylic acids is 1. The maximum Gasteiger partial charge on any atom is 0.119 e. The van der Waals surface area contributed by atoms with E-state index in [0.717, 1.165) is 25.0 Å². The molecular formula is C11H22O. The average Bonchev–Trinajstić information content (AvgIpc) is 2.09. The highest BCUT2D eigenvalue weighted by Crippen LogP contribution is 2.15. The Hall–Kier alpha value is -0.330. The van der Waals surface area contributed by atoms with Crippen molar-refractivity contribution in [1.82, 2.24) is 0 Å². The van der Waals surface area contributed by atoms with Crippen molar-refractivity contribution in [3.8, 4) is 0 Å². The number of carbonyl (C=O) groups is 1. The fraction of sp³-hybridized carbons (Fsp3) is 0.909. The van der Waals surface area contributed by atoms with Gasteiger partial charge in [-0.3, -0.25) is 0 Å². The topological polar surface area (TPSA) is 17.1 Å². The van der Waals surface area contributed by atoms with Crippen LogP contribution in [0.5, 0.6) is 0 Å². The first kappa shape index (κ1) is 11.7. The van der Waals surface area contributed by atoms with Gasteiger partial charge in [0.25, 0.3) is 0 Å². The van der Waals surface area contributed by atoms with E-state index in [4.69, 9.17) is 0 Å². The third-order valence-corrected chi connectivity index (χ3v) is 2.32. The SMILES string of the molecule is CCCCC(C)CCCCC=O. The molecule has 0 aliphatic carbocycles. The highest BCUT2D eigenvalue weighted by Gasteiger charge is 2.00. The first-order valence-corrected chi connectivity index (χ1v) is 5.24. The molecule has 0 amide bonds. The van der Waals surface area contributed by atoms with Gasteiger partial charge in [-0.1, -0.05) is 46.0 Å². The van der Waals surface area contributed by atoms with E-state index in [1.54, 1.807) is 0 Å². The summed E-state index contributed by atoms with van der Waals surface area (Å²) < 4.78 is 0. The summed E-state index contributed by atoms with van der Waals surface area (Å²) in [6.07, 6.45) is 9.40. The molecule has 72 valence electrons. The van der Waals surface area contributed by atoms with Crippen LogP contribution in [0.25, 0.3) is 0 Å². The molecule has 1 nitrogen and oxygen atoms in total. The van der Waals surface area contributed by atoms with Crippen LogP contribution in [0.15, 0.2) is 0 Å². The fourth-order valence-corrected chi connectivity index (χ4v) is 1.42. The first-order valence-electron chi connectivity index (χ1n) is 5.24. The molecule has 0 heterocycles. The molecule has 0 aliphatic heterocycles. The highest BCUT2D eigenvalue weighted by atomic mass is 16.1. The lowest BCUT2D eigenvalue weighted by Crippen LogP contribution is -1.94. The molecule has 0 spiro atoms. The van der Waals surface area contributed by atoms with Crippen molar-refractivity contribution in [3.63, 3.8) is 0 Å². The van der Waals surface area contributed by atoms with E-state index in [1.807, 2.05) is 0 Å². The van der Waals surface area contributed by atoms with Crippen LogP contribution in [-0.4, -0.2) is 6.29 Å². The zero-order valence-corrected chi connectivity index (χ0v) is 8.51. The molecule has 0 bridgehead atoms. The van der Waals surface area contributed by atoms with E-state index in [0.29, 0.717) is 0 Å². The Morgan fingerprint density at radius 1 is 1.17 bits per heavy atom. The number of hydrogen-bond donors (Lipinski definition) is 0. The molecule has 12 heavy (non-hydrogen) atoms. The van der Waals surface area contributed by atoms with Crippen molar-refractivity contribution in [3.05, 3.63) is 0 Å². The summed E-state index contributed by atoms with van der Waals surface area (Å²) in [5.74, 6) is 0.858. The van der Waals surface area contributed by atoms with Gasteiger partial charge in [0.15, 0.2) is 0 Å². The molecule has 0 fully saturated rings. The maximum absolute atomic E-state index is 10.0. The molecule has 0 rings (SSSR count). The summed E-state index contributed by atoms with van der Waals surface area (Å²) in [6, 6.07) is 0. The quantitative estimate of drug-likeness (QED) is 0.402. The number of aldehydes is 1. The average molecular weight is 170 g/mol. The van der Waals surface area contributed by atoms with Gasteiger partial charge < -0.3 is 4.79 Å². The predicted octanol–water partition coefficient (Wildman–Crippen LogP) is 3.57. The van der Waals surface area contributed by atoms with Gasteiger partial charge in [0.05, 0.1) is 0 Å². The number of hydrogen-bond acceptors (Lipinski definition) is 1. The Morgan fingerprint density at radius 2 is 1.83 bits per heavy atom. The Kier molecular flexibility index (Phi) is 8.52. The van der Waals surface area contributed by atoms with Crippen molar-refractivity contribution in [1.29, 1.82) is 0 Å². The number of unbranched alkanes of at least 4 members (excludes halogenated alkanes) is 3. The normalized spacial score (nSPS) is 12.8. The largest absolute Gasteiger partial charge is 0.303 e. The molecule has 0 N–H and O–H groups in total. The minimum Gasteiger partial charge on any atom is -0.303 e. The van der Waals surface area contributed by atoms with Gasteiger partial charge >= 0.3 is 0 Å². The van der Waals surface area contributed by atoms with Crippen LogP contribution >= 0.6 is 0 Å². The molecular weight excluding hydrogens is 148 g/mol. The van der Waals surface area contributed by atoms with Crippen LogP contribution in [0.2, 0.25) is 0 Å². The van der Waals surface area contributed by atoms with E-state index in [1.165, 1.54) is 32.1 Å². The van der Waals surface area contributed by atoms with E-state index in [-0.39, 0.29) is 0 Å². The van der Waals surface area contributed by atoms with Gasteiger partial charge in [0, 0.05) is 6.42 Å². The number of rotatable bonds is 8. The smallest absolute Gasteiger partial charge is 0.119 e. The van der Waals surface area contributed by atoms with Crippen LogP contribution in [0.3, 0.4) is 0 Å². The Morgan fingerprint density at radius 3 is 2.42 bits per heavy atom. The van der Waals surface area contributed by atoms with Crippen LogP contribution in [-0.2, 0) is 4.79 Å². The third kappa shape index (κ3) is 7.77. The highest BCUT2D eigenvalue weighted by molar-refractivity contribution is 5.48. The summed E-state index contributed by atoms with van der Waals surface area (Å²) in [7, 11) is 0. The summed E-state index contributed by atoms with van der Waals surface area (Å²) in [5, 5.41) is 0. The Bertz CT molecular complexity index is 99.2. The van der Waals surface area contributed by atoms with Gasteiger partial charge in [-0.25, -0.2) is 0 Å². The second-order valence-electron chi connectivity index (χ2n) is 3.70. The van der Waals surface area contributed by atoms with Gasteiger partial charge in [-0.2, -0.15) is 0 Å². The maximum atomic E-state index is 10.0. The molecule has 1 heteroatoms. The molecule has 0 aromatic carbocycles. The second kappa shape index (κ2) is 8.76. The Labute approximate surface area is 76.6 Å².